The van der Waals surface area contributed by atoms with E-state index in [0.29, 0.717) is 12.2 Å². The van der Waals surface area contributed by atoms with Crippen molar-refractivity contribution in [3.8, 4) is 0 Å². The molecule has 9 heavy (non-hydrogen) atoms. The van der Waals surface area contributed by atoms with Gasteiger partial charge in [-0.2, -0.15) is 0 Å². The molecule has 0 N–H and O–H groups in total. The Morgan fingerprint density at radius 3 is 2.89 bits per heavy atom. The van der Waals surface area contributed by atoms with Gasteiger partial charge in [0.25, 0.3) is 0 Å². The molecule has 1 aliphatic carbocycles. The third kappa shape index (κ3) is 1.56. The van der Waals surface area contributed by atoms with Crippen molar-refractivity contribution in [3.05, 3.63) is 30.2 Å². The summed E-state index contributed by atoms with van der Waals surface area (Å²) in [6.07, 6.45) is 5.32. The minimum atomic E-state index is -0.214. The fraction of sp³-hybridized carbons (Fsp3) is 0.286. The quantitative estimate of drug-likeness (QED) is 0.523. The van der Waals surface area contributed by atoms with Gasteiger partial charge in [-0.15, -0.1) is 0 Å². The Bertz CT molecular complexity index is 158. The van der Waals surface area contributed by atoms with Gasteiger partial charge in [0.05, 0.1) is 7.11 Å². The van der Waals surface area contributed by atoms with E-state index in [9.17, 15) is 4.39 Å². The highest BCUT2D eigenvalue weighted by atomic mass is 19.1. The molecule has 0 saturated heterocycles. The molecule has 0 spiro atoms. The maximum Gasteiger partial charge on any atom is 0.117 e. The van der Waals surface area contributed by atoms with E-state index in [1.54, 1.807) is 0 Å². The third-order valence-electron chi connectivity index (χ3n) is 1.15. The van der Waals surface area contributed by atoms with Crippen molar-refractivity contribution in [2.75, 3.05) is 7.11 Å². The summed E-state index contributed by atoms with van der Waals surface area (Å²) < 4.78 is 17.1. The Morgan fingerprint density at radius 1 is 1.67 bits per heavy atom. The van der Waals surface area contributed by atoms with Crippen molar-refractivity contribution in [1.82, 2.24) is 0 Å². The van der Waals surface area contributed by atoms with Crippen molar-refractivity contribution in [3.63, 3.8) is 0 Å². The van der Waals surface area contributed by atoms with E-state index in [0.717, 1.165) is 0 Å². The molecule has 1 aliphatic rings. The average molecular weight is 127 g/mol. The van der Waals surface area contributed by atoms with E-state index in [-0.39, 0.29) is 5.83 Å². The first kappa shape index (κ1) is 6.33. The summed E-state index contributed by atoms with van der Waals surface area (Å²) in [5.74, 6) is 0.393. The van der Waals surface area contributed by atoms with E-state index in [1.807, 2.05) is 6.08 Å². The minimum absolute atomic E-state index is 0.214. The number of halogens is 1. The second-order valence-electron chi connectivity index (χ2n) is 1.78. The second kappa shape index (κ2) is 2.67. The first-order valence-corrected chi connectivity index (χ1v) is 2.77. The van der Waals surface area contributed by atoms with Gasteiger partial charge in [0.15, 0.2) is 0 Å². The molecule has 1 radical (unpaired) electrons. The van der Waals surface area contributed by atoms with Crippen LogP contribution in [0.1, 0.15) is 6.42 Å². The van der Waals surface area contributed by atoms with Crippen LogP contribution in [-0.4, -0.2) is 7.11 Å². The monoisotopic (exact) mass is 127 g/mol. The van der Waals surface area contributed by atoms with Crippen LogP contribution >= 0.6 is 0 Å². The molecule has 1 nitrogen and oxygen atoms in total. The van der Waals surface area contributed by atoms with Gasteiger partial charge in [0.1, 0.15) is 11.6 Å². The van der Waals surface area contributed by atoms with Crippen molar-refractivity contribution in [1.29, 1.82) is 0 Å². The number of rotatable bonds is 1. The molecule has 0 aromatic heterocycles. The van der Waals surface area contributed by atoms with Gasteiger partial charge < -0.3 is 4.74 Å². The van der Waals surface area contributed by atoms with Crippen LogP contribution < -0.4 is 0 Å². The summed E-state index contributed by atoms with van der Waals surface area (Å²) in [6, 6.07) is 0. The van der Waals surface area contributed by atoms with Crippen LogP contribution in [0.2, 0.25) is 0 Å². The summed E-state index contributed by atoms with van der Waals surface area (Å²) in [5, 5.41) is 0. The van der Waals surface area contributed by atoms with E-state index in [1.165, 1.54) is 19.6 Å². The van der Waals surface area contributed by atoms with Gasteiger partial charge >= 0.3 is 0 Å². The fourth-order valence-electron chi connectivity index (χ4n) is 0.684. The molecule has 2 heteroatoms. The van der Waals surface area contributed by atoms with E-state index in [4.69, 9.17) is 4.74 Å². The van der Waals surface area contributed by atoms with Gasteiger partial charge in [-0.05, 0) is 12.5 Å². The highest BCUT2D eigenvalue weighted by Crippen LogP contribution is 2.16. The fourth-order valence-corrected chi connectivity index (χ4v) is 0.684. The molecule has 1 rings (SSSR count). The van der Waals surface area contributed by atoms with Crippen LogP contribution in [0.25, 0.3) is 0 Å². The van der Waals surface area contributed by atoms with Gasteiger partial charge in [0.2, 0.25) is 0 Å². The highest BCUT2D eigenvalue weighted by Gasteiger charge is 2.03. The molecule has 0 heterocycles. The average Bonchev–Trinajstić information content (AvgIpc) is 1.88. The molecule has 0 saturated carbocycles. The summed E-state index contributed by atoms with van der Waals surface area (Å²) in [5.41, 5.74) is 0. The largest absolute Gasteiger partial charge is 0.497 e. The lowest BCUT2D eigenvalue weighted by atomic mass is 10.1. The number of ether oxygens (including phenoxy) is 1. The van der Waals surface area contributed by atoms with E-state index >= 15 is 0 Å². The number of hydrogen-bond acceptors (Lipinski definition) is 1. The van der Waals surface area contributed by atoms with Crippen LogP contribution in [0.3, 0.4) is 0 Å². The third-order valence-corrected chi connectivity index (χ3v) is 1.15. The lowest BCUT2D eigenvalue weighted by molar-refractivity contribution is 0.302. The van der Waals surface area contributed by atoms with Gasteiger partial charge in [-0.25, -0.2) is 4.39 Å². The van der Waals surface area contributed by atoms with Crippen LogP contribution in [0.4, 0.5) is 4.39 Å². The van der Waals surface area contributed by atoms with Crippen molar-refractivity contribution >= 4 is 0 Å². The maximum absolute atomic E-state index is 12.3. The molecule has 0 bridgehead atoms. The van der Waals surface area contributed by atoms with Crippen molar-refractivity contribution in [2.24, 2.45) is 0 Å². The Labute approximate surface area is 53.8 Å². The van der Waals surface area contributed by atoms with Crippen molar-refractivity contribution in [2.45, 2.75) is 6.42 Å². The zero-order chi connectivity index (χ0) is 6.69. The topological polar surface area (TPSA) is 9.23 Å². The molecule has 0 aromatic carbocycles. The summed E-state index contributed by atoms with van der Waals surface area (Å²) in [4.78, 5) is 0. The zero-order valence-electron chi connectivity index (χ0n) is 5.23. The molecule has 0 fully saturated rings. The lowest BCUT2D eigenvalue weighted by Gasteiger charge is -2.05. The van der Waals surface area contributed by atoms with Gasteiger partial charge in [-0.1, -0.05) is 0 Å². The SMILES string of the molecule is COC1=CC[CH]C(F)=C1. The van der Waals surface area contributed by atoms with Crippen LogP contribution in [0, 0.1) is 6.42 Å². The Kier molecular flexibility index (Phi) is 1.88. The Hall–Kier alpha value is -0.790. The molecule has 0 unspecified atom stereocenters. The molecular weight excluding hydrogens is 119 g/mol. The predicted molar refractivity (Wildman–Crippen MR) is 33.2 cm³/mol. The Morgan fingerprint density at radius 2 is 2.44 bits per heavy atom. The normalized spacial score (nSPS) is 18.4. The van der Waals surface area contributed by atoms with Gasteiger partial charge in [0, 0.05) is 12.5 Å². The molecule has 0 atom stereocenters. The smallest absolute Gasteiger partial charge is 0.117 e. The lowest BCUT2D eigenvalue weighted by Crippen LogP contribution is -1.90. The first-order chi connectivity index (χ1) is 4.33. The summed E-state index contributed by atoms with van der Waals surface area (Å²) in [7, 11) is 1.53. The Balaban J connectivity index is 2.63. The first-order valence-electron chi connectivity index (χ1n) is 2.77. The number of hydrogen-bond donors (Lipinski definition) is 0. The predicted octanol–water partition coefficient (Wildman–Crippen LogP) is 1.98. The molecule has 0 amide bonds. The molecular formula is C7H8FO. The van der Waals surface area contributed by atoms with E-state index < -0.39 is 0 Å². The number of methoxy groups -OCH3 is 1. The van der Waals surface area contributed by atoms with Crippen LogP contribution in [0.15, 0.2) is 23.7 Å². The van der Waals surface area contributed by atoms with Gasteiger partial charge in [-0.3, -0.25) is 0 Å². The van der Waals surface area contributed by atoms with Crippen molar-refractivity contribution < 1.29 is 9.13 Å². The van der Waals surface area contributed by atoms with Crippen LogP contribution in [-0.2, 0) is 4.74 Å². The van der Waals surface area contributed by atoms with E-state index in [2.05, 4.69) is 0 Å². The molecule has 49 valence electrons. The zero-order valence-corrected chi connectivity index (χ0v) is 5.23. The summed E-state index contributed by atoms with van der Waals surface area (Å²) in [6.45, 7) is 0. The molecule has 0 aliphatic heterocycles. The maximum atomic E-state index is 12.3. The summed E-state index contributed by atoms with van der Waals surface area (Å²) >= 11 is 0. The standard InChI is InChI=1S/C7H8FO/c1-9-7-4-2-3-6(8)5-7/h3-5H,2H2,1H3. The minimum Gasteiger partial charge on any atom is -0.497 e. The highest BCUT2D eigenvalue weighted by molar-refractivity contribution is 5.25. The number of allylic oxidation sites excluding steroid dienone is 3. The molecule has 0 aromatic rings. The second-order valence-corrected chi connectivity index (χ2v) is 1.78. The van der Waals surface area contributed by atoms with Crippen LogP contribution in [0.5, 0.6) is 0 Å².